The van der Waals surface area contributed by atoms with Gasteiger partial charge in [0, 0.05) is 12.6 Å². The van der Waals surface area contributed by atoms with E-state index in [2.05, 4.69) is 10.2 Å². The normalized spacial score (nSPS) is 29.0. The van der Waals surface area contributed by atoms with Gasteiger partial charge in [0.2, 0.25) is 5.91 Å². The first-order valence-electron chi connectivity index (χ1n) is 9.33. The van der Waals surface area contributed by atoms with Crippen molar-refractivity contribution in [3.63, 3.8) is 0 Å². The van der Waals surface area contributed by atoms with Gasteiger partial charge in [-0.15, -0.1) is 0 Å². The Morgan fingerprint density at radius 3 is 2.38 bits per heavy atom. The SMILES string of the molecule is O=C(CN1CCCC1C1CCCC1)NCC1CCCCC1. The van der Waals surface area contributed by atoms with Crippen LogP contribution in [0, 0.1) is 11.8 Å². The maximum absolute atomic E-state index is 12.2. The molecule has 1 N–H and O–H groups in total. The van der Waals surface area contributed by atoms with Crippen molar-refractivity contribution >= 4 is 5.91 Å². The van der Waals surface area contributed by atoms with Crippen LogP contribution in [0.15, 0.2) is 0 Å². The lowest BCUT2D eigenvalue weighted by molar-refractivity contribution is -0.122. The van der Waals surface area contributed by atoms with E-state index in [1.54, 1.807) is 0 Å². The molecular weight excluding hydrogens is 260 g/mol. The molecule has 1 aliphatic heterocycles. The first kappa shape index (κ1) is 15.3. The summed E-state index contributed by atoms with van der Waals surface area (Å²) in [7, 11) is 0. The van der Waals surface area contributed by atoms with Crippen LogP contribution < -0.4 is 5.32 Å². The maximum atomic E-state index is 12.2. The number of hydrogen-bond acceptors (Lipinski definition) is 2. The van der Waals surface area contributed by atoms with Gasteiger partial charge in [0.1, 0.15) is 0 Å². The highest BCUT2D eigenvalue weighted by atomic mass is 16.2. The van der Waals surface area contributed by atoms with Gasteiger partial charge in [-0.3, -0.25) is 9.69 Å². The Morgan fingerprint density at radius 2 is 1.62 bits per heavy atom. The fourth-order valence-corrected chi connectivity index (χ4v) is 4.81. The number of carbonyl (C=O) groups excluding carboxylic acids is 1. The van der Waals surface area contributed by atoms with Crippen molar-refractivity contribution in [1.29, 1.82) is 0 Å². The molecule has 0 aromatic heterocycles. The van der Waals surface area contributed by atoms with Crippen LogP contribution in [-0.2, 0) is 4.79 Å². The average Bonchev–Trinajstić information content (AvgIpc) is 3.17. The van der Waals surface area contributed by atoms with Gasteiger partial charge < -0.3 is 5.32 Å². The molecule has 0 spiro atoms. The van der Waals surface area contributed by atoms with Gasteiger partial charge >= 0.3 is 0 Å². The van der Waals surface area contributed by atoms with Gasteiger partial charge in [-0.25, -0.2) is 0 Å². The topological polar surface area (TPSA) is 32.3 Å². The minimum Gasteiger partial charge on any atom is -0.355 e. The molecule has 1 unspecified atom stereocenters. The molecule has 3 rings (SSSR count). The number of nitrogens with one attached hydrogen (secondary N) is 1. The molecule has 1 atom stereocenters. The predicted molar refractivity (Wildman–Crippen MR) is 86.1 cm³/mol. The average molecular weight is 292 g/mol. The summed E-state index contributed by atoms with van der Waals surface area (Å²) in [6, 6.07) is 0.702. The predicted octanol–water partition coefficient (Wildman–Crippen LogP) is 3.34. The molecule has 3 nitrogen and oxygen atoms in total. The molecule has 2 saturated carbocycles. The Bertz CT molecular complexity index is 332. The zero-order chi connectivity index (χ0) is 14.5. The molecule has 0 aromatic rings. The third kappa shape index (κ3) is 4.21. The molecular formula is C18H32N2O. The van der Waals surface area contributed by atoms with E-state index in [-0.39, 0.29) is 5.91 Å². The van der Waals surface area contributed by atoms with Crippen LogP contribution in [-0.4, -0.2) is 36.5 Å². The van der Waals surface area contributed by atoms with E-state index in [1.165, 1.54) is 70.6 Å². The highest BCUT2D eigenvalue weighted by Crippen LogP contribution is 2.35. The van der Waals surface area contributed by atoms with Gasteiger partial charge in [0.25, 0.3) is 0 Å². The Balaban J connectivity index is 1.40. The molecule has 3 aliphatic rings. The summed E-state index contributed by atoms with van der Waals surface area (Å²) in [5, 5.41) is 3.21. The quantitative estimate of drug-likeness (QED) is 0.843. The number of hydrogen-bond donors (Lipinski definition) is 1. The van der Waals surface area contributed by atoms with Crippen LogP contribution in [0.4, 0.5) is 0 Å². The fourth-order valence-electron chi connectivity index (χ4n) is 4.81. The van der Waals surface area contributed by atoms with Crippen LogP contribution in [0.2, 0.25) is 0 Å². The highest BCUT2D eigenvalue weighted by Gasteiger charge is 2.33. The largest absolute Gasteiger partial charge is 0.355 e. The van der Waals surface area contributed by atoms with Gasteiger partial charge in [-0.2, -0.15) is 0 Å². The number of nitrogens with zero attached hydrogens (tertiary/aromatic N) is 1. The molecule has 0 bridgehead atoms. The fraction of sp³-hybridized carbons (Fsp3) is 0.944. The molecule has 0 radical (unpaired) electrons. The third-order valence-corrected chi connectivity index (χ3v) is 6.02. The van der Waals surface area contributed by atoms with E-state index in [0.717, 1.165) is 24.9 Å². The van der Waals surface area contributed by atoms with Gasteiger partial charge in [-0.05, 0) is 56.9 Å². The maximum Gasteiger partial charge on any atom is 0.234 e. The van der Waals surface area contributed by atoms with Crippen molar-refractivity contribution in [3.8, 4) is 0 Å². The minimum absolute atomic E-state index is 0.269. The minimum atomic E-state index is 0.269. The second-order valence-electron chi connectivity index (χ2n) is 7.53. The lowest BCUT2D eigenvalue weighted by Crippen LogP contribution is -2.43. The summed E-state index contributed by atoms with van der Waals surface area (Å²) in [4.78, 5) is 14.7. The molecule has 1 heterocycles. The van der Waals surface area contributed by atoms with Gasteiger partial charge in [-0.1, -0.05) is 32.1 Å². The number of carbonyl (C=O) groups is 1. The van der Waals surface area contributed by atoms with E-state index >= 15 is 0 Å². The van der Waals surface area contributed by atoms with Crippen molar-refractivity contribution in [3.05, 3.63) is 0 Å². The van der Waals surface area contributed by atoms with E-state index < -0.39 is 0 Å². The second-order valence-corrected chi connectivity index (χ2v) is 7.53. The summed E-state index contributed by atoms with van der Waals surface area (Å²) in [5.74, 6) is 1.89. The van der Waals surface area contributed by atoms with Crippen LogP contribution >= 0.6 is 0 Å². The van der Waals surface area contributed by atoms with Gasteiger partial charge in [0.15, 0.2) is 0 Å². The van der Waals surface area contributed by atoms with Gasteiger partial charge in [0.05, 0.1) is 6.54 Å². The smallest absolute Gasteiger partial charge is 0.234 e. The Kier molecular flexibility index (Phi) is 5.56. The van der Waals surface area contributed by atoms with Crippen molar-refractivity contribution < 1.29 is 4.79 Å². The molecule has 21 heavy (non-hydrogen) atoms. The van der Waals surface area contributed by atoms with Crippen molar-refractivity contribution in [1.82, 2.24) is 10.2 Å². The zero-order valence-corrected chi connectivity index (χ0v) is 13.5. The van der Waals surface area contributed by atoms with Crippen LogP contribution in [0.1, 0.15) is 70.6 Å². The van der Waals surface area contributed by atoms with E-state index in [9.17, 15) is 4.79 Å². The summed E-state index contributed by atoms with van der Waals surface area (Å²) >= 11 is 0. The number of amides is 1. The van der Waals surface area contributed by atoms with E-state index in [4.69, 9.17) is 0 Å². The monoisotopic (exact) mass is 292 g/mol. The van der Waals surface area contributed by atoms with Crippen LogP contribution in [0.3, 0.4) is 0 Å². The molecule has 1 amide bonds. The number of likely N-dealkylation sites (tertiary alicyclic amines) is 1. The molecule has 0 aromatic carbocycles. The summed E-state index contributed by atoms with van der Waals surface area (Å²) in [6.07, 6.45) is 14.9. The van der Waals surface area contributed by atoms with E-state index in [0.29, 0.717) is 12.6 Å². The Morgan fingerprint density at radius 1 is 0.905 bits per heavy atom. The Labute approximate surface area is 129 Å². The number of rotatable bonds is 5. The lowest BCUT2D eigenvalue weighted by atomic mass is 9.89. The molecule has 3 heteroatoms. The third-order valence-electron chi connectivity index (χ3n) is 6.02. The Hall–Kier alpha value is -0.570. The zero-order valence-electron chi connectivity index (χ0n) is 13.5. The molecule has 1 saturated heterocycles. The summed E-state index contributed by atoms with van der Waals surface area (Å²) < 4.78 is 0. The van der Waals surface area contributed by atoms with Crippen molar-refractivity contribution in [2.45, 2.75) is 76.7 Å². The van der Waals surface area contributed by atoms with Crippen LogP contribution in [0.25, 0.3) is 0 Å². The van der Waals surface area contributed by atoms with Crippen molar-refractivity contribution in [2.75, 3.05) is 19.6 Å². The molecule has 120 valence electrons. The first-order chi connectivity index (χ1) is 10.3. The summed E-state index contributed by atoms with van der Waals surface area (Å²) in [5.41, 5.74) is 0. The summed E-state index contributed by atoms with van der Waals surface area (Å²) in [6.45, 7) is 2.70. The van der Waals surface area contributed by atoms with Crippen molar-refractivity contribution in [2.24, 2.45) is 11.8 Å². The lowest BCUT2D eigenvalue weighted by Gasteiger charge is -2.29. The first-order valence-corrected chi connectivity index (χ1v) is 9.33. The highest BCUT2D eigenvalue weighted by molar-refractivity contribution is 5.78. The molecule has 3 fully saturated rings. The second kappa shape index (κ2) is 7.62. The standard InChI is InChI=1S/C18H32N2O/c21-18(19-13-15-7-2-1-3-8-15)14-20-12-6-11-17(20)16-9-4-5-10-16/h15-17H,1-14H2,(H,19,21). The van der Waals surface area contributed by atoms with E-state index in [1.807, 2.05) is 0 Å². The van der Waals surface area contributed by atoms with Crippen LogP contribution in [0.5, 0.6) is 0 Å². The molecule has 2 aliphatic carbocycles.